The van der Waals surface area contributed by atoms with Crippen molar-refractivity contribution in [3.63, 3.8) is 0 Å². The number of allylic oxidation sites excluding steroid dienone is 1. The highest BCUT2D eigenvalue weighted by Gasteiger charge is 2.50. The van der Waals surface area contributed by atoms with E-state index in [1.54, 1.807) is 35.7 Å². The predicted octanol–water partition coefficient (Wildman–Crippen LogP) is 4.37. The topological polar surface area (TPSA) is 40.4 Å². The molecule has 0 spiro atoms. The first-order valence-corrected chi connectivity index (χ1v) is 9.31. The van der Waals surface area contributed by atoms with Crippen LogP contribution in [-0.4, -0.2) is 27.5 Å². The monoisotopic (exact) mass is 405 g/mol. The van der Waals surface area contributed by atoms with Crippen LogP contribution in [0.4, 0.5) is 19.3 Å². The number of hydrogen-bond acceptors (Lipinski definition) is 3. The lowest BCUT2D eigenvalue weighted by Crippen LogP contribution is -2.55. The molecule has 3 amide bonds. The second kappa shape index (κ2) is 6.90. The first-order chi connectivity index (χ1) is 12.9. The molecule has 27 heavy (non-hydrogen) atoms. The van der Waals surface area contributed by atoms with Gasteiger partial charge >= 0.3 is 11.9 Å². The summed E-state index contributed by atoms with van der Waals surface area (Å²) in [5.74, 6) is -1.81. The zero-order valence-electron chi connectivity index (χ0n) is 13.7. The fraction of sp³-hybridized carbons (Fsp3) is 0.105. The van der Waals surface area contributed by atoms with Gasteiger partial charge in [-0.2, -0.15) is 9.37 Å². The van der Waals surface area contributed by atoms with Gasteiger partial charge in [-0.1, -0.05) is 11.6 Å². The first kappa shape index (κ1) is 17.9. The molecule has 1 atom stereocenters. The molecule has 0 saturated carbocycles. The van der Waals surface area contributed by atoms with Crippen molar-refractivity contribution in [3.05, 3.63) is 76.2 Å². The molecule has 8 heteroatoms. The summed E-state index contributed by atoms with van der Waals surface area (Å²) in [7, 11) is 0. The van der Waals surface area contributed by atoms with Gasteiger partial charge < -0.3 is 0 Å². The van der Waals surface area contributed by atoms with Crippen molar-refractivity contribution in [2.45, 2.75) is 11.8 Å². The molecule has 0 saturated heterocycles. The molecule has 136 valence electrons. The summed E-state index contributed by atoms with van der Waals surface area (Å²) < 4.78 is 28.5. The average Bonchev–Trinajstić information content (AvgIpc) is 3.09. The van der Waals surface area contributed by atoms with Crippen LogP contribution in [0.5, 0.6) is 0 Å². The van der Waals surface area contributed by atoms with Gasteiger partial charge in [-0.15, -0.1) is 16.7 Å². The number of rotatable bonds is 3. The minimum Gasteiger partial charge on any atom is -0.244 e. The van der Waals surface area contributed by atoms with E-state index in [2.05, 4.69) is 0 Å². The Morgan fingerprint density at radius 2 is 1.74 bits per heavy atom. The second-order valence-electron chi connectivity index (χ2n) is 6.04. The lowest BCUT2D eigenvalue weighted by molar-refractivity contribution is -0.444. The molecular formula is C19H12ClF2N2O2S+. The van der Waals surface area contributed by atoms with Crippen LogP contribution in [0, 0.1) is 11.6 Å². The van der Waals surface area contributed by atoms with Crippen molar-refractivity contribution in [3.8, 4) is 0 Å². The Bertz CT molecular complexity index is 1000. The summed E-state index contributed by atoms with van der Waals surface area (Å²) in [6.07, 6.45) is 1.68. The van der Waals surface area contributed by atoms with Crippen LogP contribution >= 0.6 is 23.4 Å². The molecule has 0 aromatic heterocycles. The second-order valence-corrected chi connectivity index (χ2v) is 7.49. The number of urea groups is 1. The molecule has 2 aromatic rings. The fourth-order valence-corrected chi connectivity index (χ4v) is 4.14. The minimum atomic E-state index is -0.724. The number of amides is 3. The first-order valence-electron chi connectivity index (χ1n) is 7.99. The number of hydrogen-bond donors (Lipinski definition) is 0. The molecular weight excluding hydrogens is 394 g/mol. The van der Waals surface area contributed by atoms with E-state index in [0.29, 0.717) is 22.0 Å². The molecule has 0 aliphatic carbocycles. The summed E-state index contributed by atoms with van der Waals surface area (Å²) in [4.78, 5) is 27.0. The Hall–Kier alpha value is -2.51. The van der Waals surface area contributed by atoms with E-state index in [0.717, 1.165) is 11.0 Å². The molecule has 0 radical (unpaired) electrons. The standard InChI is InChI=1S/C19H12ClF2N2O2S/c20-12-1-3-15(4-2-12)24-18(25)17-16(5-6-27-17)23(19(24)26)10-11-7-13(21)9-14(22)8-11/h1-9,17H,10H2/q+1. The maximum atomic E-state index is 13.5. The van der Waals surface area contributed by atoms with E-state index in [1.165, 1.54) is 28.5 Å². The number of carbonyl (C=O) groups is 2. The van der Waals surface area contributed by atoms with Crippen LogP contribution in [0.25, 0.3) is 0 Å². The lowest BCUT2D eigenvalue weighted by atomic mass is 10.1. The predicted molar refractivity (Wildman–Crippen MR) is 100 cm³/mol. The number of carbonyl (C=O) groups excluding carboxylic acids is 2. The molecule has 0 N–H and O–H groups in total. The Kier molecular flexibility index (Phi) is 4.57. The van der Waals surface area contributed by atoms with Gasteiger partial charge in [0.25, 0.3) is 0 Å². The summed E-state index contributed by atoms with van der Waals surface area (Å²) in [6.45, 7) is -0.0540. The number of halogens is 3. The number of fused-ring (bicyclic) bond motifs is 1. The van der Waals surface area contributed by atoms with E-state index in [1.807, 2.05) is 0 Å². The van der Waals surface area contributed by atoms with Crippen LogP contribution in [-0.2, 0) is 11.3 Å². The highest BCUT2D eigenvalue weighted by molar-refractivity contribution is 8.04. The smallest absolute Gasteiger partial charge is 0.244 e. The Balaban J connectivity index is 1.77. The molecule has 4 rings (SSSR count). The highest BCUT2D eigenvalue weighted by Crippen LogP contribution is 2.31. The van der Waals surface area contributed by atoms with E-state index >= 15 is 0 Å². The molecule has 1 unspecified atom stereocenters. The molecule has 2 aliphatic heterocycles. The quantitative estimate of drug-likeness (QED) is 0.712. The van der Waals surface area contributed by atoms with Gasteiger partial charge in [0.05, 0.1) is 0 Å². The number of nitrogens with zero attached hydrogens (tertiary/aromatic N) is 2. The van der Waals surface area contributed by atoms with Crippen molar-refractivity contribution in [1.82, 2.24) is 0 Å². The van der Waals surface area contributed by atoms with Crippen molar-refractivity contribution < 1.29 is 22.9 Å². The zero-order valence-corrected chi connectivity index (χ0v) is 15.3. The van der Waals surface area contributed by atoms with Gasteiger partial charge in [-0.25, -0.2) is 13.6 Å². The van der Waals surface area contributed by atoms with Crippen molar-refractivity contribution >= 4 is 46.7 Å². The third kappa shape index (κ3) is 3.28. The normalized spacial score (nSPS) is 19.1. The van der Waals surface area contributed by atoms with Gasteiger partial charge in [0.2, 0.25) is 0 Å². The number of imide groups is 1. The third-order valence-electron chi connectivity index (χ3n) is 4.25. The molecule has 2 aliphatic rings. The maximum Gasteiger partial charge on any atom is 0.506 e. The zero-order chi connectivity index (χ0) is 19.1. The van der Waals surface area contributed by atoms with E-state index in [4.69, 9.17) is 11.6 Å². The van der Waals surface area contributed by atoms with Crippen molar-refractivity contribution in [2.75, 3.05) is 4.90 Å². The van der Waals surface area contributed by atoms with Crippen LogP contribution in [0.2, 0.25) is 5.02 Å². The van der Waals surface area contributed by atoms with Crippen molar-refractivity contribution in [2.24, 2.45) is 0 Å². The van der Waals surface area contributed by atoms with Gasteiger partial charge in [-0.05, 0) is 53.4 Å². The van der Waals surface area contributed by atoms with Crippen molar-refractivity contribution in [1.29, 1.82) is 0 Å². The van der Waals surface area contributed by atoms with Crippen LogP contribution in [0.15, 0.2) is 53.9 Å². The SMILES string of the molecule is O=C1C2SC=CC2=[N+](Cc2cc(F)cc(F)c2)C(=O)N1c1ccc(Cl)cc1. The minimum absolute atomic E-state index is 0.0540. The highest BCUT2D eigenvalue weighted by atomic mass is 35.5. The Labute approximate surface area is 162 Å². The molecule has 0 fully saturated rings. The maximum absolute atomic E-state index is 13.5. The Morgan fingerprint density at radius 3 is 2.41 bits per heavy atom. The van der Waals surface area contributed by atoms with Gasteiger partial charge in [-0.3, -0.25) is 0 Å². The van der Waals surface area contributed by atoms with Gasteiger partial charge in [0, 0.05) is 11.1 Å². The van der Waals surface area contributed by atoms with E-state index in [-0.39, 0.29) is 12.5 Å². The summed E-state index contributed by atoms with van der Waals surface area (Å²) in [5, 5.41) is 1.62. The van der Waals surface area contributed by atoms with E-state index < -0.39 is 22.9 Å². The molecule has 0 bridgehead atoms. The van der Waals surface area contributed by atoms with Gasteiger partial charge in [0.15, 0.2) is 5.25 Å². The summed E-state index contributed by atoms with van der Waals surface area (Å²) in [6, 6.07) is 8.86. The largest absolute Gasteiger partial charge is 0.506 e. The molecule has 4 nitrogen and oxygen atoms in total. The van der Waals surface area contributed by atoms with Crippen LogP contribution in [0.1, 0.15) is 5.56 Å². The van der Waals surface area contributed by atoms with Gasteiger partial charge in [0.1, 0.15) is 29.6 Å². The van der Waals surface area contributed by atoms with Crippen LogP contribution < -0.4 is 4.90 Å². The fourth-order valence-electron chi connectivity index (χ4n) is 3.08. The number of anilines is 1. The average molecular weight is 406 g/mol. The molecule has 2 heterocycles. The molecule has 2 aromatic carbocycles. The Morgan fingerprint density at radius 1 is 1.07 bits per heavy atom. The lowest BCUT2D eigenvalue weighted by Gasteiger charge is -2.24. The van der Waals surface area contributed by atoms with Crippen LogP contribution in [0.3, 0.4) is 0 Å². The summed E-state index contributed by atoms with van der Waals surface area (Å²) in [5.41, 5.74) is 1.18. The third-order valence-corrected chi connectivity index (χ3v) is 5.51. The summed E-state index contributed by atoms with van der Waals surface area (Å²) >= 11 is 7.17. The van der Waals surface area contributed by atoms with E-state index in [9.17, 15) is 18.4 Å². The number of thioether (sulfide) groups is 1. The number of benzene rings is 2.